The summed E-state index contributed by atoms with van der Waals surface area (Å²) in [7, 11) is 0. The Balaban J connectivity index is 1.58. The fourth-order valence-electron chi connectivity index (χ4n) is 3.36. The molecule has 1 saturated carbocycles. The molecule has 1 aliphatic rings. The Labute approximate surface area is 169 Å². The molecule has 0 aliphatic heterocycles. The van der Waals surface area contributed by atoms with Crippen LogP contribution >= 0.6 is 0 Å². The molecule has 1 aliphatic carbocycles. The molecule has 0 radical (unpaired) electrons. The lowest BCUT2D eigenvalue weighted by Crippen LogP contribution is -2.09. The third-order valence-electron chi connectivity index (χ3n) is 5.02. The predicted octanol–water partition coefficient (Wildman–Crippen LogP) is 5.13. The molecular formula is C21H17F3N6. The molecule has 30 heavy (non-hydrogen) atoms. The number of para-hydroxylation sites is 1. The highest BCUT2D eigenvalue weighted by Gasteiger charge is 2.34. The lowest BCUT2D eigenvalue weighted by atomic mass is 10.1. The summed E-state index contributed by atoms with van der Waals surface area (Å²) in [6.45, 7) is 0. The number of fused-ring (bicyclic) bond motifs is 1. The number of aromatic nitrogens is 5. The first-order valence-electron chi connectivity index (χ1n) is 9.59. The summed E-state index contributed by atoms with van der Waals surface area (Å²) >= 11 is 0. The number of rotatable bonds is 5. The Morgan fingerprint density at radius 1 is 0.967 bits per heavy atom. The van der Waals surface area contributed by atoms with Crippen molar-refractivity contribution in [2.24, 2.45) is 5.92 Å². The summed E-state index contributed by atoms with van der Waals surface area (Å²) in [6, 6.07) is 12.4. The minimum atomic E-state index is -4.51. The summed E-state index contributed by atoms with van der Waals surface area (Å²) in [4.78, 5) is 13.2. The molecule has 5 rings (SSSR count). The van der Waals surface area contributed by atoms with Gasteiger partial charge < -0.3 is 5.32 Å². The third kappa shape index (κ3) is 3.70. The zero-order valence-electron chi connectivity index (χ0n) is 15.7. The van der Waals surface area contributed by atoms with Crippen LogP contribution < -0.4 is 5.32 Å². The van der Waals surface area contributed by atoms with Crippen LogP contribution in [0.5, 0.6) is 0 Å². The lowest BCUT2D eigenvalue weighted by Gasteiger charge is -2.13. The second-order valence-corrected chi connectivity index (χ2v) is 7.33. The largest absolute Gasteiger partial charge is 0.417 e. The van der Waals surface area contributed by atoms with E-state index in [9.17, 15) is 13.2 Å². The van der Waals surface area contributed by atoms with Gasteiger partial charge in [0.1, 0.15) is 11.6 Å². The van der Waals surface area contributed by atoms with Crippen molar-refractivity contribution >= 4 is 22.7 Å². The molecule has 0 saturated heterocycles. The van der Waals surface area contributed by atoms with E-state index in [4.69, 9.17) is 0 Å². The fourth-order valence-corrected chi connectivity index (χ4v) is 3.36. The van der Waals surface area contributed by atoms with Gasteiger partial charge in [0.2, 0.25) is 5.95 Å². The van der Waals surface area contributed by atoms with Crippen molar-refractivity contribution in [3.05, 3.63) is 59.9 Å². The van der Waals surface area contributed by atoms with Gasteiger partial charge in [0.15, 0.2) is 5.82 Å². The molecule has 2 heterocycles. The number of anilines is 2. The highest BCUT2D eigenvalue weighted by Crippen LogP contribution is 2.37. The van der Waals surface area contributed by atoms with Gasteiger partial charge in [-0.2, -0.15) is 18.2 Å². The van der Waals surface area contributed by atoms with E-state index in [1.165, 1.54) is 31.0 Å². The van der Waals surface area contributed by atoms with E-state index >= 15 is 0 Å². The van der Waals surface area contributed by atoms with Gasteiger partial charge in [0, 0.05) is 17.4 Å². The molecule has 4 aromatic rings. The van der Waals surface area contributed by atoms with Gasteiger partial charge in [0.25, 0.3) is 0 Å². The first-order chi connectivity index (χ1) is 14.5. The molecule has 9 heteroatoms. The molecule has 0 spiro atoms. The van der Waals surface area contributed by atoms with Crippen LogP contribution in [0, 0.1) is 5.92 Å². The van der Waals surface area contributed by atoms with Gasteiger partial charge in [-0.3, -0.25) is 5.10 Å². The maximum atomic E-state index is 13.5. The maximum Gasteiger partial charge on any atom is 0.417 e. The number of halogens is 3. The molecule has 2 N–H and O–H groups in total. The summed E-state index contributed by atoms with van der Waals surface area (Å²) in [5.41, 5.74) is -0.338. The number of benzene rings is 2. The normalized spacial score (nSPS) is 14.2. The highest BCUT2D eigenvalue weighted by molar-refractivity contribution is 5.91. The van der Waals surface area contributed by atoms with Crippen molar-refractivity contribution in [3.63, 3.8) is 0 Å². The first kappa shape index (κ1) is 18.5. The minimum absolute atomic E-state index is 0.0159. The highest BCUT2D eigenvalue weighted by atomic mass is 19.4. The number of nitrogens with one attached hydrogen (secondary N) is 2. The summed E-state index contributed by atoms with van der Waals surface area (Å²) in [5.74, 6) is 2.09. The standard InChI is InChI=1S/C21H17F3N6/c22-21(23,24)15-7-3-1-5-13(15)18-25-16-8-4-2-6-14(16)19(27-18)28-20-26-17(29-30-20)11-12-9-10-12/h1-8,12H,9-11H2,(H2,25,26,27,28,29,30). The predicted molar refractivity (Wildman–Crippen MR) is 106 cm³/mol. The van der Waals surface area contributed by atoms with E-state index in [0.29, 0.717) is 28.6 Å². The zero-order chi connectivity index (χ0) is 20.7. The van der Waals surface area contributed by atoms with Crippen LogP contribution in [0.1, 0.15) is 24.2 Å². The third-order valence-corrected chi connectivity index (χ3v) is 5.02. The lowest BCUT2D eigenvalue weighted by molar-refractivity contribution is -0.137. The minimum Gasteiger partial charge on any atom is -0.307 e. The Morgan fingerprint density at radius 2 is 1.73 bits per heavy atom. The van der Waals surface area contributed by atoms with Crippen LogP contribution in [-0.2, 0) is 12.6 Å². The average molecular weight is 410 g/mol. The quantitative estimate of drug-likeness (QED) is 0.477. The molecule has 0 atom stereocenters. The van der Waals surface area contributed by atoms with Gasteiger partial charge in [0.05, 0.1) is 11.1 Å². The van der Waals surface area contributed by atoms with E-state index in [2.05, 4.69) is 30.5 Å². The molecule has 0 bridgehead atoms. The molecule has 2 aromatic heterocycles. The second kappa shape index (κ2) is 7.08. The van der Waals surface area contributed by atoms with Crippen LogP contribution in [0.4, 0.5) is 24.9 Å². The van der Waals surface area contributed by atoms with Crippen LogP contribution in [-0.4, -0.2) is 25.1 Å². The Bertz CT molecular complexity index is 1210. The molecule has 152 valence electrons. The van der Waals surface area contributed by atoms with Gasteiger partial charge in [-0.25, -0.2) is 9.97 Å². The number of H-pyrrole nitrogens is 1. The molecule has 2 aromatic carbocycles. The molecular weight excluding hydrogens is 393 g/mol. The van der Waals surface area contributed by atoms with Crippen molar-refractivity contribution in [2.75, 3.05) is 5.32 Å². The van der Waals surface area contributed by atoms with Crippen molar-refractivity contribution in [1.29, 1.82) is 0 Å². The Hall–Kier alpha value is -3.49. The molecule has 1 fully saturated rings. The van der Waals surface area contributed by atoms with Crippen LogP contribution in [0.2, 0.25) is 0 Å². The maximum absolute atomic E-state index is 13.5. The number of aromatic amines is 1. The summed E-state index contributed by atoms with van der Waals surface area (Å²) in [5, 5.41) is 10.8. The van der Waals surface area contributed by atoms with E-state index in [0.717, 1.165) is 18.3 Å². The van der Waals surface area contributed by atoms with Gasteiger partial charge in [-0.15, -0.1) is 5.10 Å². The second-order valence-electron chi connectivity index (χ2n) is 7.33. The van der Waals surface area contributed by atoms with Crippen LogP contribution in [0.3, 0.4) is 0 Å². The number of hydrogen-bond donors (Lipinski definition) is 2. The van der Waals surface area contributed by atoms with Crippen molar-refractivity contribution < 1.29 is 13.2 Å². The Morgan fingerprint density at radius 3 is 2.53 bits per heavy atom. The number of nitrogens with zero attached hydrogens (tertiary/aromatic N) is 4. The van der Waals surface area contributed by atoms with Crippen molar-refractivity contribution in [2.45, 2.75) is 25.4 Å². The summed E-state index contributed by atoms with van der Waals surface area (Å²) in [6.07, 6.45) is -1.28. The van der Waals surface area contributed by atoms with Crippen molar-refractivity contribution in [3.8, 4) is 11.4 Å². The molecule has 0 unspecified atom stereocenters. The molecule has 0 amide bonds. The number of hydrogen-bond acceptors (Lipinski definition) is 5. The monoisotopic (exact) mass is 410 g/mol. The van der Waals surface area contributed by atoms with Gasteiger partial charge in [-0.05, 0) is 37.0 Å². The van der Waals surface area contributed by atoms with E-state index in [1.54, 1.807) is 18.2 Å². The van der Waals surface area contributed by atoms with E-state index in [-0.39, 0.29) is 11.4 Å². The van der Waals surface area contributed by atoms with Crippen molar-refractivity contribution in [1.82, 2.24) is 25.1 Å². The first-order valence-corrected chi connectivity index (χ1v) is 9.59. The van der Waals surface area contributed by atoms with E-state index in [1.807, 2.05) is 6.07 Å². The smallest absolute Gasteiger partial charge is 0.307 e. The van der Waals surface area contributed by atoms with Gasteiger partial charge in [-0.1, -0.05) is 30.3 Å². The van der Waals surface area contributed by atoms with Crippen LogP contribution in [0.15, 0.2) is 48.5 Å². The van der Waals surface area contributed by atoms with Gasteiger partial charge >= 0.3 is 6.18 Å². The molecule has 6 nitrogen and oxygen atoms in total. The van der Waals surface area contributed by atoms with E-state index < -0.39 is 11.7 Å². The number of alkyl halides is 3. The zero-order valence-corrected chi connectivity index (χ0v) is 15.7. The topological polar surface area (TPSA) is 79.4 Å². The average Bonchev–Trinajstić information content (AvgIpc) is 3.44. The SMILES string of the molecule is FC(F)(F)c1ccccc1-c1nc(Nc2n[nH]c(CC3CC3)n2)c2ccccc2n1. The fraction of sp³-hybridized carbons (Fsp3) is 0.238. The Kier molecular flexibility index (Phi) is 4.38. The summed E-state index contributed by atoms with van der Waals surface area (Å²) < 4.78 is 40.5. The van der Waals surface area contributed by atoms with Crippen LogP contribution in [0.25, 0.3) is 22.3 Å².